The van der Waals surface area contributed by atoms with Gasteiger partial charge in [0, 0.05) is 33.6 Å². The van der Waals surface area contributed by atoms with Crippen LogP contribution in [0.15, 0.2) is 50.2 Å². The number of nitrogens with one attached hydrogen (secondary N) is 2. The summed E-state index contributed by atoms with van der Waals surface area (Å²) < 4.78 is 1.01. The zero-order valence-electron chi connectivity index (χ0n) is 11.8. The van der Waals surface area contributed by atoms with Crippen LogP contribution in [0.5, 0.6) is 0 Å². The summed E-state index contributed by atoms with van der Waals surface area (Å²) in [5.41, 5.74) is 0.361. The van der Waals surface area contributed by atoms with Crippen molar-refractivity contribution in [1.82, 2.24) is 14.5 Å². The third-order valence-electron chi connectivity index (χ3n) is 3.29. The molecule has 0 atom stereocenters. The Balaban J connectivity index is 2.04. The molecule has 0 saturated heterocycles. The lowest BCUT2D eigenvalue weighted by molar-refractivity contribution is 0.694. The smallest absolute Gasteiger partial charge is 0.329 e. The fraction of sp³-hybridized carbons (Fsp3) is 0.133. The maximum atomic E-state index is 12.2. The van der Waals surface area contributed by atoms with Crippen molar-refractivity contribution in [3.63, 3.8) is 0 Å². The van der Waals surface area contributed by atoms with Crippen molar-refractivity contribution >= 4 is 11.3 Å². The molecular weight excluding hydrogens is 302 g/mol. The van der Waals surface area contributed by atoms with Gasteiger partial charge in [0.05, 0.1) is 12.2 Å². The molecule has 0 aliphatic heterocycles. The van der Waals surface area contributed by atoms with Crippen LogP contribution in [0.1, 0.15) is 10.4 Å². The number of H-pyrrole nitrogens is 2. The summed E-state index contributed by atoms with van der Waals surface area (Å²) in [6, 6.07) is 6.51. The van der Waals surface area contributed by atoms with Crippen molar-refractivity contribution in [2.24, 2.45) is 0 Å². The van der Waals surface area contributed by atoms with E-state index in [1.54, 1.807) is 23.5 Å². The molecule has 0 aliphatic rings. The minimum Gasteiger partial charge on any atom is -0.329 e. The molecule has 0 unspecified atom stereocenters. The zero-order valence-corrected chi connectivity index (χ0v) is 12.6. The Hall–Kier alpha value is -2.67. The SMILES string of the molecule is Cc1cc(-c2cc(=O)n(Cc3ccc[nH]c3=O)c(=O)[nH]2)cs1. The standard InChI is InChI=1S/C15H13N3O3S/c1-9-5-11(8-22-9)12-6-13(19)18(15(21)17-12)7-10-3-2-4-16-14(10)20/h2-6,8H,7H2,1H3,(H,16,20)(H,17,21). The molecule has 6 nitrogen and oxygen atoms in total. The number of aromatic nitrogens is 3. The molecule has 3 aromatic rings. The summed E-state index contributed by atoms with van der Waals surface area (Å²) in [4.78, 5) is 42.3. The number of aryl methyl sites for hydroxylation is 1. The molecule has 0 bridgehead atoms. The van der Waals surface area contributed by atoms with Crippen molar-refractivity contribution < 1.29 is 0 Å². The lowest BCUT2D eigenvalue weighted by atomic mass is 10.2. The second kappa shape index (κ2) is 5.61. The monoisotopic (exact) mass is 315 g/mol. The zero-order chi connectivity index (χ0) is 15.7. The van der Waals surface area contributed by atoms with Crippen LogP contribution in [-0.2, 0) is 6.54 Å². The van der Waals surface area contributed by atoms with Gasteiger partial charge in [-0.15, -0.1) is 11.3 Å². The van der Waals surface area contributed by atoms with Gasteiger partial charge in [-0.1, -0.05) is 6.07 Å². The van der Waals surface area contributed by atoms with Gasteiger partial charge in [0.2, 0.25) is 0 Å². The van der Waals surface area contributed by atoms with Crippen molar-refractivity contribution in [3.05, 3.63) is 77.5 Å². The summed E-state index contributed by atoms with van der Waals surface area (Å²) in [6.45, 7) is 1.89. The molecule has 3 heterocycles. The van der Waals surface area contributed by atoms with Crippen LogP contribution in [0.2, 0.25) is 0 Å². The maximum Gasteiger partial charge on any atom is 0.329 e. The lowest BCUT2D eigenvalue weighted by Crippen LogP contribution is -2.36. The molecule has 0 spiro atoms. The predicted octanol–water partition coefficient (Wildman–Crippen LogP) is 1.31. The van der Waals surface area contributed by atoms with Crippen LogP contribution in [-0.4, -0.2) is 14.5 Å². The molecule has 3 rings (SSSR count). The normalized spacial score (nSPS) is 10.8. The van der Waals surface area contributed by atoms with Crippen LogP contribution in [0.3, 0.4) is 0 Å². The molecule has 7 heteroatoms. The lowest BCUT2D eigenvalue weighted by Gasteiger charge is -2.05. The van der Waals surface area contributed by atoms with Crippen LogP contribution in [0.25, 0.3) is 11.3 Å². The molecule has 0 amide bonds. The Morgan fingerprint density at radius 3 is 2.68 bits per heavy atom. The number of hydrogen-bond donors (Lipinski definition) is 2. The highest BCUT2D eigenvalue weighted by Gasteiger charge is 2.09. The average molecular weight is 315 g/mol. The first-order valence-corrected chi connectivity index (χ1v) is 7.49. The van der Waals surface area contributed by atoms with Crippen LogP contribution in [0.4, 0.5) is 0 Å². The van der Waals surface area contributed by atoms with E-state index in [0.717, 1.165) is 15.0 Å². The van der Waals surface area contributed by atoms with Crippen molar-refractivity contribution in [2.45, 2.75) is 13.5 Å². The summed E-state index contributed by atoms with van der Waals surface area (Å²) in [5, 5.41) is 1.88. The topological polar surface area (TPSA) is 87.7 Å². The summed E-state index contributed by atoms with van der Waals surface area (Å²) in [7, 11) is 0. The predicted molar refractivity (Wildman–Crippen MR) is 85.5 cm³/mol. The molecular formula is C15H13N3O3S. The molecule has 22 heavy (non-hydrogen) atoms. The van der Waals surface area contributed by atoms with E-state index in [-0.39, 0.29) is 12.1 Å². The molecule has 112 valence electrons. The number of nitrogens with zero attached hydrogens (tertiary/aromatic N) is 1. The van der Waals surface area contributed by atoms with E-state index in [9.17, 15) is 14.4 Å². The fourth-order valence-electron chi connectivity index (χ4n) is 2.16. The second-order valence-corrected chi connectivity index (χ2v) is 6.00. The summed E-state index contributed by atoms with van der Waals surface area (Å²) in [6.07, 6.45) is 1.50. The fourth-order valence-corrected chi connectivity index (χ4v) is 2.86. The van der Waals surface area contributed by atoms with Crippen molar-refractivity contribution in [3.8, 4) is 11.3 Å². The molecule has 0 aliphatic carbocycles. The first kappa shape index (κ1) is 14.3. The molecule has 0 aromatic carbocycles. The van der Waals surface area contributed by atoms with Crippen LogP contribution in [0, 0.1) is 6.92 Å². The van der Waals surface area contributed by atoms with E-state index in [1.165, 1.54) is 12.3 Å². The number of rotatable bonds is 3. The maximum absolute atomic E-state index is 12.2. The number of aromatic amines is 2. The van der Waals surface area contributed by atoms with E-state index < -0.39 is 11.2 Å². The number of pyridine rings is 1. The highest BCUT2D eigenvalue weighted by Crippen LogP contribution is 2.21. The van der Waals surface area contributed by atoms with E-state index in [0.29, 0.717) is 11.3 Å². The average Bonchev–Trinajstić information content (AvgIpc) is 2.91. The Bertz CT molecular complexity index is 963. The van der Waals surface area contributed by atoms with Gasteiger partial charge in [0.1, 0.15) is 0 Å². The highest BCUT2D eigenvalue weighted by molar-refractivity contribution is 7.10. The van der Waals surface area contributed by atoms with Gasteiger partial charge in [0.25, 0.3) is 11.1 Å². The minimum atomic E-state index is -0.533. The van der Waals surface area contributed by atoms with Gasteiger partial charge in [-0.25, -0.2) is 4.79 Å². The van der Waals surface area contributed by atoms with Gasteiger partial charge in [-0.05, 0) is 19.1 Å². The second-order valence-electron chi connectivity index (χ2n) is 4.88. The molecule has 0 radical (unpaired) electrons. The molecule has 3 aromatic heterocycles. The van der Waals surface area contributed by atoms with Gasteiger partial charge in [-0.3, -0.25) is 14.2 Å². The Morgan fingerprint density at radius 1 is 1.23 bits per heavy atom. The highest BCUT2D eigenvalue weighted by atomic mass is 32.1. The van der Waals surface area contributed by atoms with Gasteiger partial charge in [0.15, 0.2) is 0 Å². The number of thiophene rings is 1. The van der Waals surface area contributed by atoms with Crippen LogP contribution < -0.4 is 16.8 Å². The quantitative estimate of drug-likeness (QED) is 0.764. The van der Waals surface area contributed by atoms with Gasteiger partial charge < -0.3 is 9.97 Å². The third kappa shape index (κ3) is 2.71. The summed E-state index contributed by atoms with van der Waals surface area (Å²) in [5.74, 6) is 0. The van der Waals surface area contributed by atoms with E-state index in [4.69, 9.17) is 0 Å². The Kier molecular flexibility index (Phi) is 3.64. The summed E-state index contributed by atoms with van der Waals surface area (Å²) >= 11 is 1.54. The minimum absolute atomic E-state index is 0.0622. The Labute approximate surface area is 128 Å². The number of hydrogen-bond acceptors (Lipinski definition) is 4. The first-order chi connectivity index (χ1) is 10.5. The van der Waals surface area contributed by atoms with E-state index >= 15 is 0 Å². The first-order valence-electron chi connectivity index (χ1n) is 6.61. The van der Waals surface area contributed by atoms with E-state index in [2.05, 4.69) is 9.97 Å². The Morgan fingerprint density at radius 2 is 2.05 bits per heavy atom. The van der Waals surface area contributed by atoms with E-state index in [1.807, 2.05) is 18.4 Å². The molecule has 2 N–H and O–H groups in total. The van der Waals surface area contributed by atoms with Gasteiger partial charge in [-0.2, -0.15) is 0 Å². The molecule has 0 fully saturated rings. The van der Waals surface area contributed by atoms with Crippen LogP contribution >= 0.6 is 11.3 Å². The van der Waals surface area contributed by atoms with Gasteiger partial charge >= 0.3 is 5.69 Å². The molecule has 0 saturated carbocycles. The third-order valence-corrected chi connectivity index (χ3v) is 4.15. The van der Waals surface area contributed by atoms with Crippen molar-refractivity contribution in [1.29, 1.82) is 0 Å². The van der Waals surface area contributed by atoms with Crippen molar-refractivity contribution in [2.75, 3.05) is 0 Å². The largest absolute Gasteiger partial charge is 0.329 e.